The van der Waals surface area contributed by atoms with Gasteiger partial charge in [0.1, 0.15) is 0 Å². The molecule has 7 nitrogen and oxygen atoms in total. The van der Waals surface area contributed by atoms with Gasteiger partial charge in [-0.05, 0) is 36.4 Å². The molecule has 0 saturated heterocycles. The van der Waals surface area contributed by atoms with E-state index in [2.05, 4.69) is 16.6 Å². The molecule has 0 fully saturated rings. The van der Waals surface area contributed by atoms with Gasteiger partial charge in [-0.25, -0.2) is 17.8 Å². The van der Waals surface area contributed by atoms with Crippen LogP contribution >= 0.6 is 0 Å². The van der Waals surface area contributed by atoms with Gasteiger partial charge in [0.05, 0.1) is 16.3 Å². The summed E-state index contributed by atoms with van der Waals surface area (Å²) in [5, 5.41) is 7.66. The highest BCUT2D eigenvalue weighted by Gasteiger charge is 2.16. The molecule has 0 aliphatic carbocycles. The fraction of sp³-hybridized carbons (Fsp3) is 0.0769. The zero-order valence-electron chi connectivity index (χ0n) is 18.4. The number of amides is 1. The van der Waals surface area contributed by atoms with E-state index in [1.54, 1.807) is 4.68 Å². The molecule has 0 radical (unpaired) electrons. The van der Waals surface area contributed by atoms with Crippen LogP contribution in [0, 0.1) is 0 Å². The lowest BCUT2D eigenvalue weighted by Gasteiger charge is -2.08. The van der Waals surface area contributed by atoms with Gasteiger partial charge >= 0.3 is 0 Å². The van der Waals surface area contributed by atoms with Crippen molar-refractivity contribution in [2.75, 3.05) is 6.54 Å². The molecule has 172 valence electrons. The Morgan fingerprint density at radius 3 is 2.24 bits per heavy atom. The number of rotatable bonds is 9. The topological polar surface area (TPSA) is 93.1 Å². The highest BCUT2D eigenvalue weighted by molar-refractivity contribution is 7.89. The highest BCUT2D eigenvalue weighted by Crippen LogP contribution is 2.23. The normalized spacial score (nSPS) is 11.2. The minimum Gasteiger partial charge on any atom is -0.348 e. The minimum absolute atomic E-state index is 0.0846. The Balaban J connectivity index is 1.53. The molecule has 1 heterocycles. The van der Waals surface area contributed by atoms with E-state index in [4.69, 9.17) is 5.10 Å². The Morgan fingerprint density at radius 1 is 0.941 bits per heavy atom. The molecule has 0 aliphatic rings. The van der Waals surface area contributed by atoms with Crippen LogP contribution in [-0.2, 0) is 16.6 Å². The molecule has 0 aliphatic heterocycles. The molecule has 4 aromatic rings. The smallest absolute Gasteiger partial charge is 0.251 e. The highest BCUT2D eigenvalue weighted by atomic mass is 32.2. The van der Waals surface area contributed by atoms with Crippen molar-refractivity contribution in [1.82, 2.24) is 19.8 Å². The van der Waals surface area contributed by atoms with E-state index in [1.165, 1.54) is 30.3 Å². The number of carbonyl (C=O) groups excluding carboxylic acids is 1. The number of hydrogen-bond acceptors (Lipinski definition) is 4. The van der Waals surface area contributed by atoms with E-state index in [-0.39, 0.29) is 23.9 Å². The maximum Gasteiger partial charge on any atom is 0.251 e. The van der Waals surface area contributed by atoms with Crippen molar-refractivity contribution in [3.8, 4) is 16.9 Å². The van der Waals surface area contributed by atoms with Crippen molar-refractivity contribution in [1.29, 1.82) is 0 Å². The van der Waals surface area contributed by atoms with Crippen LogP contribution in [0.1, 0.15) is 15.9 Å². The van der Waals surface area contributed by atoms with E-state index >= 15 is 0 Å². The number of sulfonamides is 1. The summed E-state index contributed by atoms with van der Waals surface area (Å²) >= 11 is 0. The molecule has 8 heteroatoms. The van der Waals surface area contributed by atoms with Crippen LogP contribution in [0.2, 0.25) is 0 Å². The van der Waals surface area contributed by atoms with Crippen LogP contribution < -0.4 is 10.0 Å². The summed E-state index contributed by atoms with van der Waals surface area (Å²) < 4.78 is 28.6. The van der Waals surface area contributed by atoms with Crippen LogP contribution in [0.5, 0.6) is 0 Å². The number of nitrogens with one attached hydrogen (secondary N) is 2. The number of aromatic nitrogens is 2. The number of carbonyl (C=O) groups is 1. The standard InChI is InChI=1S/C26H24N4O3S/c1-2-17-28-34(32,33)24-15-13-21(14-16-24)26(31)27-18-22-19-30(23-11-7-4-8-12-23)29-25(22)20-9-5-3-6-10-20/h2-16,19,28H,1,17-18H2,(H,27,31). The van der Waals surface area contributed by atoms with Crippen molar-refractivity contribution < 1.29 is 13.2 Å². The fourth-order valence-corrected chi connectivity index (χ4v) is 4.40. The van der Waals surface area contributed by atoms with Crippen LogP contribution in [0.4, 0.5) is 0 Å². The molecule has 0 saturated carbocycles. The van der Waals surface area contributed by atoms with Crippen molar-refractivity contribution in [3.63, 3.8) is 0 Å². The second-order valence-corrected chi connectivity index (χ2v) is 9.26. The van der Waals surface area contributed by atoms with Gasteiger partial charge in [-0.15, -0.1) is 6.58 Å². The lowest BCUT2D eigenvalue weighted by molar-refractivity contribution is 0.0951. The van der Waals surface area contributed by atoms with Crippen molar-refractivity contribution in [2.45, 2.75) is 11.4 Å². The monoisotopic (exact) mass is 472 g/mol. The molecular formula is C26H24N4O3S. The zero-order valence-corrected chi connectivity index (χ0v) is 19.2. The summed E-state index contributed by atoms with van der Waals surface area (Å²) in [7, 11) is -3.64. The molecule has 0 spiro atoms. The van der Waals surface area contributed by atoms with Crippen LogP contribution in [0.3, 0.4) is 0 Å². The summed E-state index contributed by atoms with van der Waals surface area (Å²) in [6, 6.07) is 25.3. The Hall–Kier alpha value is -4.01. The fourth-order valence-electron chi connectivity index (χ4n) is 3.41. The third-order valence-corrected chi connectivity index (χ3v) is 6.58. The second kappa shape index (κ2) is 10.3. The molecule has 0 unspecified atom stereocenters. The number of nitrogens with zero attached hydrogens (tertiary/aromatic N) is 2. The van der Waals surface area contributed by atoms with Gasteiger partial charge < -0.3 is 5.32 Å². The Morgan fingerprint density at radius 2 is 1.59 bits per heavy atom. The molecular weight excluding hydrogens is 448 g/mol. The Kier molecular flexibility index (Phi) is 7.01. The van der Waals surface area contributed by atoms with Crippen LogP contribution in [-0.4, -0.2) is 30.7 Å². The molecule has 3 aromatic carbocycles. The number of hydrogen-bond donors (Lipinski definition) is 2. The summed E-state index contributed by atoms with van der Waals surface area (Å²) in [5.74, 6) is -0.311. The lowest BCUT2D eigenvalue weighted by atomic mass is 10.1. The van der Waals surface area contributed by atoms with Gasteiger partial charge in [-0.1, -0.05) is 54.6 Å². The number of benzene rings is 3. The zero-order chi connectivity index (χ0) is 24.0. The predicted octanol–water partition coefficient (Wildman–Crippen LogP) is 3.93. The summed E-state index contributed by atoms with van der Waals surface area (Å²) in [4.78, 5) is 12.8. The van der Waals surface area contributed by atoms with Gasteiger partial charge in [0.2, 0.25) is 10.0 Å². The lowest BCUT2D eigenvalue weighted by Crippen LogP contribution is -2.25. The van der Waals surface area contributed by atoms with Gasteiger partial charge in [-0.2, -0.15) is 5.10 Å². The molecule has 34 heavy (non-hydrogen) atoms. The van der Waals surface area contributed by atoms with Gasteiger partial charge in [0.15, 0.2) is 0 Å². The first kappa shape index (κ1) is 23.2. The van der Waals surface area contributed by atoms with Gasteiger partial charge in [0, 0.05) is 36.0 Å². The van der Waals surface area contributed by atoms with E-state index in [0.29, 0.717) is 5.56 Å². The first-order valence-electron chi connectivity index (χ1n) is 10.7. The SMILES string of the molecule is C=CCNS(=O)(=O)c1ccc(C(=O)NCc2cn(-c3ccccc3)nc2-c2ccccc2)cc1. The molecule has 0 bridgehead atoms. The van der Waals surface area contributed by atoms with Crippen molar-refractivity contribution in [3.05, 3.63) is 115 Å². The maximum absolute atomic E-state index is 12.8. The summed E-state index contributed by atoms with van der Waals surface area (Å²) in [5.41, 5.74) is 3.86. The first-order valence-corrected chi connectivity index (χ1v) is 12.1. The molecule has 1 amide bonds. The quantitative estimate of drug-likeness (QED) is 0.361. The third-order valence-electron chi connectivity index (χ3n) is 5.14. The molecule has 4 rings (SSSR count). The Bertz CT molecular complexity index is 1380. The largest absolute Gasteiger partial charge is 0.348 e. The first-order chi connectivity index (χ1) is 16.5. The van der Waals surface area contributed by atoms with E-state index < -0.39 is 10.0 Å². The third kappa shape index (κ3) is 5.31. The van der Waals surface area contributed by atoms with Crippen LogP contribution in [0.15, 0.2) is 109 Å². The molecule has 2 N–H and O–H groups in total. The predicted molar refractivity (Wildman–Crippen MR) is 132 cm³/mol. The van der Waals surface area contributed by atoms with E-state index in [0.717, 1.165) is 22.5 Å². The average Bonchev–Trinajstić information content (AvgIpc) is 3.31. The van der Waals surface area contributed by atoms with E-state index in [1.807, 2.05) is 66.9 Å². The van der Waals surface area contributed by atoms with Gasteiger partial charge in [0.25, 0.3) is 5.91 Å². The van der Waals surface area contributed by atoms with Crippen LogP contribution in [0.25, 0.3) is 16.9 Å². The minimum atomic E-state index is -3.64. The van der Waals surface area contributed by atoms with E-state index in [9.17, 15) is 13.2 Å². The maximum atomic E-state index is 12.8. The Labute approximate surface area is 198 Å². The van der Waals surface area contributed by atoms with Crippen molar-refractivity contribution >= 4 is 15.9 Å². The van der Waals surface area contributed by atoms with Crippen molar-refractivity contribution in [2.24, 2.45) is 0 Å². The molecule has 1 aromatic heterocycles. The summed E-state index contributed by atoms with van der Waals surface area (Å²) in [6.45, 7) is 3.89. The molecule has 0 atom stereocenters. The second-order valence-electron chi connectivity index (χ2n) is 7.50. The summed E-state index contributed by atoms with van der Waals surface area (Å²) in [6.07, 6.45) is 3.36. The number of para-hydroxylation sites is 1. The van der Waals surface area contributed by atoms with Gasteiger partial charge in [-0.3, -0.25) is 4.79 Å². The average molecular weight is 473 g/mol.